The summed E-state index contributed by atoms with van der Waals surface area (Å²) in [5.74, 6) is 0.0850. The zero-order valence-electron chi connectivity index (χ0n) is 16.3. The van der Waals surface area contributed by atoms with Crippen molar-refractivity contribution in [3.63, 3.8) is 0 Å². The van der Waals surface area contributed by atoms with Crippen molar-refractivity contribution < 1.29 is 14.0 Å². The molecule has 1 heterocycles. The molecule has 1 saturated carbocycles. The van der Waals surface area contributed by atoms with Crippen LogP contribution < -0.4 is 16.0 Å². The van der Waals surface area contributed by atoms with Crippen molar-refractivity contribution in [2.24, 2.45) is 5.92 Å². The molecule has 0 aromatic heterocycles. The van der Waals surface area contributed by atoms with E-state index in [1.807, 2.05) is 12.1 Å². The lowest BCUT2D eigenvalue weighted by Crippen LogP contribution is -2.42. The van der Waals surface area contributed by atoms with Gasteiger partial charge < -0.3 is 16.0 Å². The van der Waals surface area contributed by atoms with Crippen LogP contribution in [0.25, 0.3) is 0 Å². The molecule has 3 atom stereocenters. The first-order chi connectivity index (χ1) is 14.1. The van der Waals surface area contributed by atoms with Crippen molar-refractivity contribution in [1.82, 2.24) is 10.6 Å². The van der Waals surface area contributed by atoms with E-state index < -0.39 is 0 Å². The minimum Gasteiger partial charge on any atom is -0.351 e. The maximum atomic E-state index is 13.0. The number of nitrogens with one attached hydrogen (secondary N) is 3. The molecule has 1 aliphatic heterocycles. The second kappa shape index (κ2) is 8.74. The molecule has 1 saturated heterocycles. The van der Waals surface area contributed by atoms with E-state index in [1.54, 1.807) is 12.1 Å². The number of amides is 2. The van der Waals surface area contributed by atoms with Crippen molar-refractivity contribution in [1.29, 1.82) is 0 Å². The lowest BCUT2D eigenvalue weighted by atomic mass is 9.85. The van der Waals surface area contributed by atoms with E-state index in [2.05, 4.69) is 16.0 Å². The second-order valence-corrected chi connectivity index (χ2v) is 7.98. The van der Waals surface area contributed by atoms with Gasteiger partial charge in [0.2, 0.25) is 5.91 Å². The third-order valence-electron chi connectivity index (χ3n) is 5.96. The highest BCUT2D eigenvalue weighted by atomic mass is 19.1. The van der Waals surface area contributed by atoms with Gasteiger partial charge in [-0.2, -0.15) is 0 Å². The number of carbonyl (C=O) groups excluding carboxylic acids is 2. The van der Waals surface area contributed by atoms with Crippen LogP contribution >= 0.6 is 0 Å². The summed E-state index contributed by atoms with van der Waals surface area (Å²) in [6, 6.07) is 13.2. The normalized spacial score (nSPS) is 23.3. The Hall–Kier alpha value is -2.73. The minimum absolute atomic E-state index is 0.0533. The molecule has 29 heavy (non-hydrogen) atoms. The maximum absolute atomic E-state index is 13.0. The van der Waals surface area contributed by atoms with Crippen molar-refractivity contribution in [3.05, 3.63) is 65.5 Å². The van der Waals surface area contributed by atoms with Crippen LogP contribution in [0.15, 0.2) is 48.5 Å². The van der Waals surface area contributed by atoms with Gasteiger partial charge in [0.15, 0.2) is 0 Å². The second-order valence-electron chi connectivity index (χ2n) is 7.98. The molecule has 2 aliphatic rings. The number of fused-ring (bicyclic) bond motifs is 1. The van der Waals surface area contributed by atoms with E-state index >= 15 is 0 Å². The van der Waals surface area contributed by atoms with Gasteiger partial charge in [-0.1, -0.05) is 25.0 Å². The number of carbonyl (C=O) groups is 2. The lowest BCUT2D eigenvalue weighted by Gasteiger charge is -2.24. The molecule has 4 rings (SSSR count). The average Bonchev–Trinajstić information content (AvgIpc) is 3.18. The van der Waals surface area contributed by atoms with Gasteiger partial charge >= 0.3 is 0 Å². The van der Waals surface area contributed by atoms with Gasteiger partial charge in [0, 0.05) is 23.8 Å². The van der Waals surface area contributed by atoms with Crippen LogP contribution in [0.5, 0.6) is 0 Å². The number of halogens is 1. The largest absolute Gasteiger partial charge is 0.351 e. The predicted molar refractivity (Wildman–Crippen MR) is 110 cm³/mol. The molecule has 0 bridgehead atoms. The molecule has 0 radical (unpaired) electrons. The van der Waals surface area contributed by atoms with E-state index in [9.17, 15) is 14.0 Å². The number of anilines is 1. The Kier molecular flexibility index (Phi) is 5.90. The van der Waals surface area contributed by atoms with Crippen LogP contribution in [0.1, 0.15) is 48.0 Å². The molecule has 5 nitrogen and oxygen atoms in total. The minimum atomic E-state index is -0.346. The smallest absolute Gasteiger partial charge is 0.255 e. The molecule has 3 N–H and O–H groups in total. The van der Waals surface area contributed by atoms with E-state index in [-0.39, 0.29) is 23.7 Å². The third kappa shape index (κ3) is 4.82. The topological polar surface area (TPSA) is 70.2 Å². The maximum Gasteiger partial charge on any atom is 0.255 e. The van der Waals surface area contributed by atoms with Gasteiger partial charge in [-0.25, -0.2) is 4.39 Å². The molecular formula is C23H26FN3O2. The fraction of sp³-hybridized carbons (Fsp3) is 0.391. The van der Waals surface area contributed by atoms with E-state index in [0.29, 0.717) is 29.8 Å². The summed E-state index contributed by atoms with van der Waals surface area (Å²) in [6.07, 6.45) is 5.86. The van der Waals surface area contributed by atoms with E-state index in [1.165, 1.54) is 49.9 Å². The van der Waals surface area contributed by atoms with Crippen molar-refractivity contribution >= 4 is 17.5 Å². The van der Waals surface area contributed by atoms with Gasteiger partial charge in [0.1, 0.15) is 5.82 Å². The lowest BCUT2D eigenvalue weighted by molar-refractivity contribution is -0.123. The molecule has 2 aromatic carbocycles. The Balaban J connectivity index is 1.27. The molecule has 0 spiro atoms. The first-order valence-corrected chi connectivity index (χ1v) is 10.3. The summed E-state index contributed by atoms with van der Waals surface area (Å²) in [6.45, 7) is 0.437. The Morgan fingerprint density at radius 2 is 1.72 bits per heavy atom. The van der Waals surface area contributed by atoms with Gasteiger partial charge in [0.05, 0.1) is 6.04 Å². The van der Waals surface area contributed by atoms with Gasteiger partial charge in [0.25, 0.3) is 5.91 Å². The standard InChI is InChI=1S/C23H26FN3O2/c24-18-9-11-19(12-10-18)26-22(28)16-7-5-15(6-8-16)14-25-23(29)21-13-17-3-1-2-4-20(17)27-21/h5-12,17,20-21,27H,1-4,13-14H2,(H,25,29)(H,26,28). The molecule has 3 unspecified atom stereocenters. The first kappa shape index (κ1) is 19.6. The summed E-state index contributed by atoms with van der Waals surface area (Å²) >= 11 is 0. The molecule has 1 aliphatic carbocycles. The summed E-state index contributed by atoms with van der Waals surface area (Å²) in [5.41, 5.74) is 1.98. The summed E-state index contributed by atoms with van der Waals surface area (Å²) in [4.78, 5) is 24.8. The van der Waals surface area contributed by atoms with Crippen LogP contribution in [0.2, 0.25) is 0 Å². The van der Waals surface area contributed by atoms with Gasteiger partial charge in [-0.3, -0.25) is 9.59 Å². The molecule has 2 amide bonds. The van der Waals surface area contributed by atoms with Gasteiger partial charge in [-0.05, 0) is 67.1 Å². The predicted octanol–water partition coefficient (Wildman–Crippen LogP) is 3.61. The highest BCUT2D eigenvalue weighted by Crippen LogP contribution is 2.33. The summed E-state index contributed by atoms with van der Waals surface area (Å²) in [5, 5.41) is 9.23. The Morgan fingerprint density at radius 1 is 1.00 bits per heavy atom. The zero-order chi connectivity index (χ0) is 20.2. The molecule has 152 valence electrons. The van der Waals surface area contributed by atoms with Crippen molar-refractivity contribution in [2.75, 3.05) is 5.32 Å². The van der Waals surface area contributed by atoms with Crippen LogP contribution in [0, 0.1) is 11.7 Å². The molecular weight excluding hydrogens is 369 g/mol. The average molecular weight is 395 g/mol. The number of hydrogen-bond acceptors (Lipinski definition) is 3. The quantitative estimate of drug-likeness (QED) is 0.724. The van der Waals surface area contributed by atoms with Crippen molar-refractivity contribution in [3.8, 4) is 0 Å². The first-order valence-electron chi connectivity index (χ1n) is 10.3. The van der Waals surface area contributed by atoms with Crippen LogP contribution in [0.4, 0.5) is 10.1 Å². The van der Waals surface area contributed by atoms with Crippen LogP contribution in [-0.2, 0) is 11.3 Å². The molecule has 2 fully saturated rings. The van der Waals surface area contributed by atoms with E-state index in [0.717, 1.165) is 12.0 Å². The van der Waals surface area contributed by atoms with Crippen LogP contribution in [-0.4, -0.2) is 23.9 Å². The Morgan fingerprint density at radius 3 is 2.45 bits per heavy atom. The monoisotopic (exact) mass is 395 g/mol. The third-order valence-corrected chi connectivity index (χ3v) is 5.96. The van der Waals surface area contributed by atoms with Gasteiger partial charge in [-0.15, -0.1) is 0 Å². The Labute approximate surface area is 170 Å². The highest BCUT2D eigenvalue weighted by Gasteiger charge is 2.37. The van der Waals surface area contributed by atoms with Crippen molar-refractivity contribution in [2.45, 2.75) is 50.7 Å². The highest BCUT2D eigenvalue weighted by molar-refractivity contribution is 6.04. The SMILES string of the molecule is O=C(Nc1ccc(F)cc1)c1ccc(CNC(=O)C2CC3CCCCC3N2)cc1. The fourth-order valence-corrected chi connectivity index (χ4v) is 4.34. The fourth-order valence-electron chi connectivity index (χ4n) is 4.34. The number of rotatable bonds is 5. The summed E-state index contributed by atoms with van der Waals surface area (Å²) in [7, 11) is 0. The number of hydrogen-bond donors (Lipinski definition) is 3. The molecule has 2 aromatic rings. The number of benzene rings is 2. The van der Waals surface area contributed by atoms with Crippen LogP contribution in [0.3, 0.4) is 0 Å². The molecule has 6 heteroatoms. The zero-order valence-corrected chi connectivity index (χ0v) is 16.3. The Bertz CT molecular complexity index is 853. The summed E-state index contributed by atoms with van der Waals surface area (Å²) < 4.78 is 13.0. The van der Waals surface area contributed by atoms with E-state index in [4.69, 9.17) is 0 Å².